The lowest BCUT2D eigenvalue weighted by Gasteiger charge is -2.41. The highest BCUT2D eigenvalue weighted by molar-refractivity contribution is 6.30. The highest BCUT2D eigenvalue weighted by atomic mass is 35.5. The third-order valence-electron chi connectivity index (χ3n) is 5.27. The zero-order chi connectivity index (χ0) is 18.0. The lowest BCUT2D eigenvalue weighted by Crippen LogP contribution is -2.48. The van der Waals surface area contributed by atoms with Crippen molar-refractivity contribution < 1.29 is 0 Å². The van der Waals surface area contributed by atoms with Crippen LogP contribution in [0.3, 0.4) is 0 Å². The Labute approximate surface area is 155 Å². The van der Waals surface area contributed by atoms with Crippen LogP contribution in [0.25, 0.3) is 11.3 Å². The van der Waals surface area contributed by atoms with E-state index in [2.05, 4.69) is 28.9 Å². The number of aromatic nitrogens is 2. The molecule has 0 radical (unpaired) electrons. The van der Waals surface area contributed by atoms with Gasteiger partial charge >= 0.3 is 0 Å². The number of anilines is 1. The normalized spacial score (nSPS) is 16.2. The summed E-state index contributed by atoms with van der Waals surface area (Å²) in [6.07, 6.45) is 4.70. The van der Waals surface area contributed by atoms with Crippen molar-refractivity contribution in [3.63, 3.8) is 0 Å². The summed E-state index contributed by atoms with van der Waals surface area (Å²) in [5.41, 5.74) is 10.9. The van der Waals surface area contributed by atoms with Gasteiger partial charge in [0.2, 0.25) is 0 Å². The molecule has 0 unspecified atom stereocenters. The van der Waals surface area contributed by atoms with Gasteiger partial charge in [-0.25, -0.2) is 0 Å². The van der Waals surface area contributed by atoms with Gasteiger partial charge in [-0.3, -0.25) is 4.90 Å². The third kappa shape index (κ3) is 3.96. The fourth-order valence-corrected chi connectivity index (χ4v) is 3.74. The van der Waals surface area contributed by atoms with E-state index >= 15 is 0 Å². The molecule has 0 bridgehead atoms. The Kier molecular flexibility index (Phi) is 5.30. The fourth-order valence-electron chi connectivity index (χ4n) is 3.62. The largest absolute Gasteiger partial charge is 0.397 e. The minimum absolute atomic E-state index is 0.0391. The number of nitrogens with zero attached hydrogens (tertiary/aromatic N) is 3. The van der Waals surface area contributed by atoms with Gasteiger partial charge in [-0.05, 0) is 58.8 Å². The molecule has 1 fully saturated rings. The third-order valence-corrected chi connectivity index (χ3v) is 5.52. The molecule has 0 saturated carbocycles. The summed E-state index contributed by atoms with van der Waals surface area (Å²) in [4.78, 5) is 2.56. The minimum Gasteiger partial charge on any atom is -0.397 e. The number of nitrogen functional groups attached to an aromatic ring is 1. The second-order valence-electron chi connectivity index (χ2n) is 7.58. The number of likely N-dealkylation sites (tertiary alicyclic amines) is 1. The van der Waals surface area contributed by atoms with E-state index in [1.165, 1.54) is 19.3 Å². The topological polar surface area (TPSA) is 55.0 Å². The number of halogens is 1. The van der Waals surface area contributed by atoms with Crippen LogP contribution in [0.15, 0.2) is 24.3 Å². The Balaban J connectivity index is 1.86. The van der Waals surface area contributed by atoms with Gasteiger partial charge in [-0.2, -0.15) is 5.10 Å². The number of rotatable bonds is 4. The molecule has 0 atom stereocenters. The zero-order valence-corrected chi connectivity index (χ0v) is 16.1. The van der Waals surface area contributed by atoms with Gasteiger partial charge in [0.25, 0.3) is 0 Å². The van der Waals surface area contributed by atoms with E-state index in [1.54, 1.807) is 0 Å². The average molecular weight is 359 g/mol. The summed E-state index contributed by atoms with van der Waals surface area (Å²) >= 11 is 5.98. The lowest BCUT2D eigenvalue weighted by atomic mass is 9.91. The van der Waals surface area contributed by atoms with E-state index in [0.717, 1.165) is 47.7 Å². The maximum atomic E-state index is 6.44. The molecule has 5 heteroatoms. The van der Waals surface area contributed by atoms with Crippen molar-refractivity contribution in [3.8, 4) is 11.3 Å². The molecule has 2 aromatic rings. The van der Waals surface area contributed by atoms with Crippen LogP contribution in [-0.4, -0.2) is 33.7 Å². The first-order chi connectivity index (χ1) is 11.9. The zero-order valence-electron chi connectivity index (χ0n) is 15.3. The lowest BCUT2D eigenvalue weighted by molar-refractivity contribution is 0.0947. The molecule has 25 heavy (non-hydrogen) atoms. The molecule has 1 aromatic carbocycles. The molecule has 2 heterocycles. The van der Waals surface area contributed by atoms with Gasteiger partial charge < -0.3 is 5.73 Å². The first kappa shape index (κ1) is 18.2. The first-order valence-corrected chi connectivity index (χ1v) is 9.39. The maximum Gasteiger partial charge on any atom is 0.0979 e. The number of nitrogens with two attached hydrogens (primary N) is 1. The second-order valence-corrected chi connectivity index (χ2v) is 8.01. The van der Waals surface area contributed by atoms with Crippen LogP contribution in [0.1, 0.15) is 44.4 Å². The van der Waals surface area contributed by atoms with Crippen molar-refractivity contribution in [1.82, 2.24) is 15.1 Å². The summed E-state index contributed by atoms with van der Waals surface area (Å²) in [6, 6.07) is 7.63. The van der Waals surface area contributed by atoms with Gasteiger partial charge in [0.1, 0.15) is 0 Å². The summed E-state index contributed by atoms with van der Waals surface area (Å²) < 4.78 is 0. The number of hydrogen-bond donors (Lipinski definition) is 1. The van der Waals surface area contributed by atoms with Crippen LogP contribution in [-0.2, 0) is 6.42 Å². The SMILES string of the molecule is Cc1c(-c2ccc(Cl)cc2)nnc(CC(C)(C)N2CCCCC2)c1N. The van der Waals surface area contributed by atoms with Crippen LogP contribution < -0.4 is 5.73 Å². The predicted molar refractivity (Wildman–Crippen MR) is 105 cm³/mol. The van der Waals surface area contributed by atoms with Crippen molar-refractivity contribution in [1.29, 1.82) is 0 Å². The molecule has 134 valence electrons. The molecule has 1 aromatic heterocycles. The van der Waals surface area contributed by atoms with Gasteiger partial charge in [0, 0.05) is 28.1 Å². The molecular weight excluding hydrogens is 332 g/mol. The summed E-state index contributed by atoms with van der Waals surface area (Å²) in [6.45, 7) is 8.89. The van der Waals surface area contributed by atoms with Crippen LogP contribution in [0.4, 0.5) is 5.69 Å². The fraction of sp³-hybridized carbons (Fsp3) is 0.500. The van der Waals surface area contributed by atoms with Crippen LogP contribution in [0, 0.1) is 6.92 Å². The van der Waals surface area contributed by atoms with Gasteiger partial charge in [-0.1, -0.05) is 30.2 Å². The Morgan fingerprint density at radius 1 is 1.08 bits per heavy atom. The van der Waals surface area contributed by atoms with E-state index in [9.17, 15) is 0 Å². The standard InChI is InChI=1S/C20H27ClN4/c1-14-18(22)17(13-20(2,3)25-11-5-4-6-12-25)23-24-19(14)15-7-9-16(21)10-8-15/h7-10H,4-6,11-13H2,1-3H3,(H2,22,24). The smallest absolute Gasteiger partial charge is 0.0979 e. The highest BCUT2D eigenvalue weighted by Crippen LogP contribution is 2.30. The number of piperidine rings is 1. The summed E-state index contributed by atoms with van der Waals surface area (Å²) in [7, 11) is 0. The molecule has 1 saturated heterocycles. The van der Waals surface area contributed by atoms with Crippen molar-refractivity contribution in [3.05, 3.63) is 40.5 Å². The van der Waals surface area contributed by atoms with Crippen molar-refractivity contribution in [2.75, 3.05) is 18.8 Å². The molecule has 0 spiro atoms. The molecule has 1 aliphatic heterocycles. The summed E-state index contributed by atoms with van der Waals surface area (Å²) in [5, 5.41) is 9.67. The molecule has 4 nitrogen and oxygen atoms in total. The Hall–Kier alpha value is -1.65. The van der Waals surface area contributed by atoms with E-state index in [4.69, 9.17) is 17.3 Å². The van der Waals surface area contributed by atoms with Gasteiger partial charge in [0.15, 0.2) is 0 Å². The Bertz CT molecular complexity index is 734. The molecule has 0 aliphatic carbocycles. The van der Waals surface area contributed by atoms with E-state index < -0.39 is 0 Å². The second kappa shape index (κ2) is 7.30. The van der Waals surface area contributed by atoms with Gasteiger partial charge in [-0.15, -0.1) is 5.10 Å². The molecule has 1 aliphatic rings. The van der Waals surface area contributed by atoms with Gasteiger partial charge in [0.05, 0.1) is 17.1 Å². The van der Waals surface area contributed by atoms with Crippen molar-refractivity contribution in [2.45, 2.75) is 52.0 Å². The van der Waals surface area contributed by atoms with Crippen molar-refractivity contribution in [2.24, 2.45) is 0 Å². The van der Waals surface area contributed by atoms with Crippen LogP contribution in [0.2, 0.25) is 5.02 Å². The van der Waals surface area contributed by atoms with E-state index in [0.29, 0.717) is 5.02 Å². The Morgan fingerprint density at radius 2 is 1.72 bits per heavy atom. The van der Waals surface area contributed by atoms with E-state index in [1.807, 2.05) is 31.2 Å². The average Bonchev–Trinajstić information content (AvgIpc) is 2.61. The molecule has 0 amide bonds. The maximum absolute atomic E-state index is 6.44. The minimum atomic E-state index is 0.0391. The highest BCUT2D eigenvalue weighted by Gasteiger charge is 2.30. The molecule has 3 rings (SSSR count). The summed E-state index contributed by atoms with van der Waals surface area (Å²) in [5.74, 6) is 0. The van der Waals surface area contributed by atoms with E-state index in [-0.39, 0.29) is 5.54 Å². The Morgan fingerprint density at radius 3 is 2.36 bits per heavy atom. The quantitative estimate of drug-likeness (QED) is 0.874. The van der Waals surface area contributed by atoms with Crippen LogP contribution >= 0.6 is 11.6 Å². The molecule has 2 N–H and O–H groups in total. The monoisotopic (exact) mass is 358 g/mol. The molecular formula is C20H27ClN4. The number of hydrogen-bond acceptors (Lipinski definition) is 4. The first-order valence-electron chi connectivity index (χ1n) is 9.01. The van der Waals surface area contributed by atoms with Crippen LogP contribution in [0.5, 0.6) is 0 Å². The predicted octanol–water partition coefficient (Wildman–Crippen LogP) is 4.49. The number of benzene rings is 1. The van der Waals surface area contributed by atoms with Crippen molar-refractivity contribution >= 4 is 17.3 Å².